The molecule has 2 heteroatoms. The van der Waals surface area contributed by atoms with Crippen molar-refractivity contribution in [2.24, 2.45) is 5.92 Å². The highest BCUT2D eigenvalue weighted by Crippen LogP contribution is 2.29. The van der Waals surface area contributed by atoms with Gasteiger partial charge in [-0.25, -0.2) is 0 Å². The maximum atomic E-state index is 9.79. The summed E-state index contributed by atoms with van der Waals surface area (Å²) in [6.45, 7) is 5.91. The van der Waals surface area contributed by atoms with E-state index in [1.807, 2.05) is 13.8 Å². The van der Waals surface area contributed by atoms with Gasteiger partial charge in [-0.3, -0.25) is 0 Å². The Labute approximate surface area is 75.6 Å². The van der Waals surface area contributed by atoms with Crippen LogP contribution in [0.4, 0.5) is 0 Å². The molecule has 0 radical (unpaired) electrons. The highest BCUT2D eigenvalue weighted by Gasteiger charge is 2.26. The Balaban J connectivity index is 2.18. The SMILES string of the molecule is CCC(C)(O)CN(C)CC1CC1. The molecule has 1 aliphatic carbocycles. The summed E-state index contributed by atoms with van der Waals surface area (Å²) in [6, 6.07) is 0. The van der Waals surface area contributed by atoms with Gasteiger partial charge in [-0.1, -0.05) is 6.92 Å². The van der Waals surface area contributed by atoms with Crippen molar-refractivity contribution in [3.8, 4) is 0 Å². The third-order valence-electron chi connectivity index (χ3n) is 2.64. The first-order chi connectivity index (χ1) is 5.53. The lowest BCUT2D eigenvalue weighted by molar-refractivity contribution is 0.0227. The van der Waals surface area contributed by atoms with Gasteiger partial charge in [0.2, 0.25) is 0 Å². The third kappa shape index (κ3) is 3.55. The Bertz CT molecular complexity index is 141. The van der Waals surface area contributed by atoms with Crippen LogP contribution in [0.2, 0.25) is 0 Å². The van der Waals surface area contributed by atoms with Crippen molar-refractivity contribution >= 4 is 0 Å². The van der Waals surface area contributed by atoms with Gasteiger partial charge in [0.15, 0.2) is 0 Å². The van der Waals surface area contributed by atoms with Crippen LogP contribution in [0.25, 0.3) is 0 Å². The summed E-state index contributed by atoms with van der Waals surface area (Å²) in [5, 5.41) is 9.79. The first-order valence-electron chi connectivity index (χ1n) is 4.94. The summed E-state index contributed by atoms with van der Waals surface area (Å²) in [5.74, 6) is 0.919. The summed E-state index contributed by atoms with van der Waals surface area (Å²) in [5.41, 5.74) is -0.496. The van der Waals surface area contributed by atoms with E-state index in [1.54, 1.807) is 0 Å². The van der Waals surface area contributed by atoms with Crippen LogP contribution in [0, 0.1) is 5.92 Å². The fourth-order valence-corrected chi connectivity index (χ4v) is 1.50. The van der Waals surface area contributed by atoms with Gasteiger partial charge in [-0.2, -0.15) is 0 Å². The van der Waals surface area contributed by atoms with Crippen LogP contribution < -0.4 is 0 Å². The maximum absolute atomic E-state index is 9.79. The lowest BCUT2D eigenvalue weighted by atomic mass is 10.0. The zero-order valence-corrected chi connectivity index (χ0v) is 8.51. The van der Waals surface area contributed by atoms with Crippen molar-refractivity contribution in [1.29, 1.82) is 0 Å². The Kier molecular flexibility index (Phi) is 3.13. The Morgan fingerprint density at radius 1 is 1.50 bits per heavy atom. The molecule has 0 saturated heterocycles. The van der Waals surface area contributed by atoms with E-state index < -0.39 is 5.60 Å². The van der Waals surface area contributed by atoms with Gasteiger partial charge in [0.05, 0.1) is 5.60 Å². The first-order valence-corrected chi connectivity index (χ1v) is 4.94. The van der Waals surface area contributed by atoms with E-state index in [0.717, 1.165) is 25.4 Å². The molecule has 1 aliphatic rings. The maximum Gasteiger partial charge on any atom is 0.0743 e. The van der Waals surface area contributed by atoms with Crippen LogP contribution in [0.1, 0.15) is 33.1 Å². The number of hydrogen-bond acceptors (Lipinski definition) is 2. The molecule has 1 fully saturated rings. The van der Waals surface area contributed by atoms with Crippen molar-refractivity contribution < 1.29 is 5.11 Å². The Morgan fingerprint density at radius 3 is 2.50 bits per heavy atom. The van der Waals surface area contributed by atoms with Gasteiger partial charge >= 0.3 is 0 Å². The fraction of sp³-hybridized carbons (Fsp3) is 1.00. The molecule has 0 heterocycles. The van der Waals surface area contributed by atoms with E-state index in [0.29, 0.717) is 0 Å². The molecule has 72 valence electrons. The summed E-state index contributed by atoms with van der Waals surface area (Å²) in [6.07, 6.45) is 3.61. The van der Waals surface area contributed by atoms with Gasteiger partial charge in [-0.15, -0.1) is 0 Å². The summed E-state index contributed by atoms with van der Waals surface area (Å²) in [7, 11) is 2.10. The van der Waals surface area contributed by atoms with Crippen molar-refractivity contribution in [3.63, 3.8) is 0 Å². The van der Waals surface area contributed by atoms with Crippen LogP contribution in [-0.2, 0) is 0 Å². The minimum atomic E-state index is -0.496. The van der Waals surface area contributed by atoms with E-state index in [1.165, 1.54) is 12.8 Å². The van der Waals surface area contributed by atoms with E-state index in [2.05, 4.69) is 11.9 Å². The van der Waals surface area contributed by atoms with Crippen molar-refractivity contribution in [2.45, 2.75) is 38.7 Å². The number of likely N-dealkylation sites (N-methyl/N-ethyl adjacent to an activating group) is 1. The van der Waals surface area contributed by atoms with Crippen LogP contribution in [0.3, 0.4) is 0 Å². The van der Waals surface area contributed by atoms with Gasteiger partial charge in [-0.05, 0) is 39.2 Å². The zero-order valence-electron chi connectivity index (χ0n) is 8.51. The monoisotopic (exact) mass is 171 g/mol. The standard InChI is InChI=1S/C10H21NO/c1-4-10(2,12)8-11(3)7-9-5-6-9/h9,12H,4-8H2,1-3H3. The zero-order chi connectivity index (χ0) is 9.19. The molecule has 0 aromatic carbocycles. The number of aliphatic hydroxyl groups is 1. The van der Waals surface area contributed by atoms with Gasteiger partial charge in [0.1, 0.15) is 0 Å². The average Bonchev–Trinajstić information content (AvgIpc) is 2.70. The summed E-state index contributed by atoms with van der Waals surface area (Å²) in [4.78, 5) is 2.25. The van der Waals surface area contributed by atoms with E-state index in [9.17, 15) is 5.11 Å². The molecule has 1 atom stereocenters. The fourth-order valence-electron chi connectivity index (χ4n) is 1.50. The highest BCUT2D eigenvalue weighted by molar-refractivity contribution is 4.80. The summed E-state index contributed by atoms with van der Waals surface area (Å²) >= 11 is 0. The second-order valence-corrected chi connectivity index (χ2v) is 4.49. The van der Waals surface area contributed by atoms with Gasteiger partial charge < -0.3 is 10.0 Å². The quantitative estimate of drug-likeness (QED) is 0.677. The van der Waals surface area contributed by atoms with Crippen LogP contribution >= 0.6 is 0 Å². The van der Waals surface area contributed by atoms with Gasteiger partial charge in [0.25, 0.3) is 0 Å². The summed E-state index contributed by atoms with van der Waals surface area (Å²) < 4.78 is 0. The van der Waals surface area contributed by atoms with Crippen molar-refractivity contribution in [1.82, 2.24) is 4.90 Å². The third-order valence-corrected chi connectivity index (χ3v) is 2.64. The molecule has 2 nitrogen and oxygen atoms in total. The molecular formula is C10H21NO. The van der Waals surface area contributed by atoms with Crippen molar-refractivity contribution in [2.75, 3.05) is 20.1 Å². The topological polar surface area (TPSA) is 23.5 Å². The molecule has 1 unspecified atom stereocenters. The normalized spacial score (nSPS) is 22.8. The molecular weight excluding hydrogens is 150 g/mol. The minimum Gasteiger partial charge on any atom is -0.389 e. The van der Waals surface area contributed by atoms with Crippen molar-refractivity contribution in [3.05, 3.63) is 0 Å². The van der Waals surface area contributed by atoms with E-state index in [-0.39, 0.29) is 0 Å². The first kappa shape index (κ1) is 10.0. The highest BCUT2D eigenvalue weighted by atomic mass is 16.3. The smallest absolute Gasteiger partial charge is 0.0743 e. The predicted molar refractivity (Wildman–Crippen MR) is 51.1 cm³/mol. The molecule has 0 aliphatic heterocycles. The molecule has 0 aromatic heterocycles. The van der Waals surface area contributed by atoms with Crippen LogP contribution in [0.15, 0.2) is 0 Å². The number of nitrogens with zero attached hydrogens (tertiary/aromatic N) is 1. The molecule has 0 aromatic rings. The second kappa shape index (κ2) is 3.75. The lowest BCUT2D eigenvalue weighted by Gasteiger charge is -2.27. The van der Waals surface area contributed by atoms with Gasteiger partial charge in [0, 0.05) is 13.1 Å². The minimum absolute atomic E-state index is 0.496. The largest absolute Gasteiger partial charge is 0.389 e. The van der Waals surface area contributed by atoms with E-state index >= 15 is 0 Å². The Morgan fingerprint density at radius 2 is 2.08 bits per heavy atom. The van der Waals surface area contributed by atoms with Crippen LogP contribution in [0.5, 0.6) is 0 Å². The second-order valence-electron chi connectivity index (χ2n) is 4.49. The molecule has 0 spiro atoms. The number of hydrogen-bond donors (Lipinski definition) is 1. The Hall–Kier alpha value is -0.0800. The van der Waals surface area contributed by atoms with E-state index in [4.69, 9.17) is 0 Å². The lowest BCUT2D eigenvalue weighted by Crippen LogP contribution is -2.39. The molecule has 1 saturated carbocycles. The predicted octanol–water partition coefficient (Wildman–Crippen LogP) is 1.49. The molecule has 1 N–H and O–H groups in total. The molecule has 0 bridgehead atoms. The van der Waals surface area contributed by atoms with Crippen LogP contribution in [-0.4, -0.2) is 35.7 Å². The molecule has 1 rings (SSSR count). The molecule has 0 amide bonds. The number of rotatable bonds is 5. The average molecular weight is 171 g/mol. The molecule has 12 heavy (non-hydrogen) atoms.